The van der Waals surface area contributed by atoms with Crippen molar-refractivity contribution in [3.05, 3.63) is 22.4 Å². The Labute approximate surface area is 81.1 Å². The van der Waals surface area contributed by atoms with Gasteiger partial charge in [0.25, 0.3) is 11.6 Å². The van der Waals surface area contributed by atoms with Gasteiger partial charge in [0, 0.05) is 0 Å². The maximum absolute atomic E-state index is 12.5. The first-order valence-corrected chi connectivity index (χ1v) is 4.47. The van der Waals surface area contributed by atoms with Crippen LogP contribution in [0.15, 0.2) is 11.0 Å². The van der Waals surface area contributed by atoms with Crippen molar-refractivity contribution in [3.8, 4) is 6.01 Å². The van der Waals surface area contributed by atoms with E-state index in [1.54, 1.807) is 0 Å². The van der Waals surface area contributed by atoms with E-state index in [1.807, 2.05) is 0 Å². The van der Waals surface area contributed by atoms with E-state index in [4.69, 9.17) is 4.74 Å². The first kappa shape index (κ1) is 10.7. The SMILES string of the molecule is CC(C)CCOc1ncc(F)c(=O)[nH]1. The highest BCUT2D eigenvalue weighted by molar-refractivity contribution is 4.96. The fourth-order valence-electron chi connectivity index (χ4n) is 0.828. The van der Waals surface area contributed by atoms with Gasteiger partial charge in [-0.15, -0.1) is 0 Å². The summed E-state index contributed by atoms with van der Waals surface area (Å²) in [5, 5.41) is 0. The Bertz CT molecular complexity index is 349. The van der Waals surface area contributed by atoms with Gasteiger partial charge in [-0.05, 0) is 12.3 Å². The van der Waals surface area contributed by atoms with E-state index in [0.29, 0.717) is 12.5 Å². The molecule has 0 unspecified atom stereocenters. The lowest BCUT2D eigenvalue weighted by Crippen LogP contribution is -2.14. The molecule has 1 aromatic heterocycles. The molecule has 0 aromatic carbocycles. The Morgan fingerprint density at radius 1 is 1.64 bits per heavy atom. The summed E-state index contributed by atoms with van der Waals surface area (Å²) in [5.41, 5.74) is -0.806. The number of rotatable bonds is 4. The molecule has 1 heterocycles. The normalized spacial score (nSPS) is 10.6. The van der Waals surface area contributed by atoms with Crippen molar-refractivity contribution in [1.29, 1.82) is 0 Å². The molecule has 0 saturated carbocycles. The van der Waals surface area contributed by atoms with Gasteiger partial charge >= 0.3 is 0 Å². The monoisotopic (exact) mass is 200 g/mol. The van der Waals surface area contributed by atoms with E-state index in [1.165, 1.54) is 0 Å². The number of aromatic amines is 1. The lowest BCUT2D eigenvalue weighted by Gasteiger charge is -2.05. The summed E-state index contributed by atoms with van der Waals surface area (Å²) in [4.78, 5) is 16.6. The van der Waals surface area contributed by atoms with Gasteiger partial charge in [-0.3, -0.25) is 9.78 Å². The smallest absolute Gasteiger partial charge is 0.296 e. The van der Waals surface area contributed by atoms with Crippen molar-refractivity contribution < 1.29 is 9.13 Å². The number of nitrogens with zero attached hydrogens (tertiary/aromatic N) is 1. The zero-order valence-corrected chi connectivity index (χ0v) is 8.21. The van der Waals surface area contributed by atoms with Crippen LogP contribution in [0.3, 0.4) is 0 Å². The summed E-state index contributed by atoms with van der Waals surface area (Å²) in [6, 6.07) is 0.0667. The number of ether oxygens (including phenoxy) is 1. The molecule has 0 saturated heterocycles. The molecule has 0 spiro atoms. The predicted octanol–water partition coefficient (Wildman–Crippen LogP) is 1.33. The molecule has 1 N–H and O–H groups in total. The average Bonchev–Trinajstić information content (AvgIpc) is 2.10. The van der Waals surface area contributed by atoms with Gasteiger partial charge in [0.05, 0.1) is 12.8 Å². The predicted molar refractivity (Wildman–Crippen MR) is 49.8 cm³/mol. The zero-order chi connectivity index (χ0) is 10.6. The maximum Gasteiger partial charge on any atom is 0.296 e. The van der Waals surface area contributed by atoms with E-state index in [9.17, 15) is 9.18 Å². The molecule has 0 amide bonds. The van der Waals surface area contributed by atoms with Crippen molar-refractivity contribution in [2.75, 3.05) is 6.61 Å². The number of hydrogen-bond acceptors (Lipinski definition) is 3. The highest BCUT2D eigenvalue weighted by atomic mass is 19.1. The second kappa shape index (κ2) is 4.74. The molecular weight excluding hydrogens is 187 g/mol. The molecule has 1 aromatic rings. The van der Waals surface area contributed by atoms with Crippen LogP contribution >= 0.6 is 0 Å². The van der Waals surface area contributed by atoms with Crippen molar-refractivity contribution in [1.82, 2.24) is 9.97 Å². The second-order valence-electron chi connectivity index (χ2n) is 3.40. The Morgan fingerprint density at radius 3 is 2.93 bits per heavy atom. The lowest BCUT2D eigenvalue weighted by molar-refractivity contribution is 0.266. The van der Waals surface area contributed by atoms with Crippen LogP contribution < -0.4 is 10.3 Å². The third-order valence-corrected chi connectivity index (χ3v) is 1.67. The van der Waals surface area contributed by atoms with Gasteiger partial charge in [0.1, 0.15) is 0 Å². The lowest BCUT2D eigenvalue weighted by atomic mass is 10.1. The van der Waals surface area contributed by atoms with Gasteiger partial charge in [-0.25, -0.2) is 4.98 Å². The highest BCUT2D eigenvalue weighted by Crippen LogP contribution is 2.02. The molecule has 0 aliphatic heterocycles. The quantitative estimate of drug-likeness (QED) is 0.797. The number of H-pyrrole nitrogens is 1. The summed E-state index contributed by atoms with van der Waals surface area (Å²) >= 11 is 0. The molecule has 0 aliphatic carbocycles. The Hall–Kier alpha value is -1.39. The minimum absolute atomic E-state index is 0.0667. The van der Waals surface area contributed by atoms with Gasteiger partial charge in [0.2, 0.25) is 5.82 Å². The van der Waals surface area contributed by atoms with Crippen molar-refractivity contribution >= 4 is 0 Å². The Kier molecular flexibility index (Phi) is 3.62. The molecule has 0 aliphatic rings. The van der Waals surface area contributed by atoms with E-state index in [-0.39, 0.29) is 6.01 Å². The van der Waals surface area contributed by atoms with Crippen LogP contribution in [-0.4, -0.2) is 16.6 Å². The van der Waals surface area contributed by atoms with Crippen LogP contribution in [0.1, 0.15) is 20.3 Å². The van der Waals surface area contributed by atoms with Crippen molar-refractivity contribution in [2.24, 2.45) is 5.92 Å². The third kappa shape index (κ3) is 3.16. The third-order valence-electron chi connectivity index (χ3n) is 1.67. The molecule has 0 atom stereocenters. The van der Waals surface area contributed by atoms with Crippen LogP contribution in [0, 0.1) is 11.7 Å². The molecule has 78 valence electrons. The minimum atomic E-state index is -0.902. The molecule has 5 heteroatoms. The molecular formula is C9H13FN2O2. The van der Waals surface area contributed by atoms with Gasteiger partial charge < -0.3 is 4.74 Å². The van der Waals surface area contributed by atoms with Crippen LogP contribution in [0.5, 0.6) is 6.01 Å². The summed E-state index contributed by atoms with van der Waals surface area (Å²) in [5.74, 6) is -0.386. The molecule has 1 rings (SSSR count). The van der Waals surface area contributed by atoms with Crippen LogP contribution in [-0.2, 0) is 0 Å². The van der Waals surface area contributed by atoms with Crippen LogP contribution in [0.25, 0.3) is 0 Å². The van der Waals surface area contributed by atoms with E-state index >= 15 is 0 Å². The largest absolute Gasteiger partial charge is 0.465 e. The topological polar surface area (TPSA) is 55.0 Å². The number of halogens is 1. The summed E-state index contributed by atoms with van der Waals surface area (Å²) < 4.78 is 17.6. The molecule has 14 heavy (non-hydrogen) atoms. The number of hydrogen-bond donors (Lipinski definition) is 1. The van der Waals surface area contributed by atoms with E-state index in [2.05, 4.69) is 23.8 Å². The van der Waals surface area contributed by atoms with Crippen molar-refractivity contribution in [3.63, 3.8) is 0 Å². The molecule has 0 fully saturated rings. The zero-order valence-electron chi connectivity index (χ0n) is 8.21. The average molecular weight is 200 g/mol. The summed E-state index contributed by atoms with van der Waals surface area (Å²) in [7, 11) is 0. The van der Waals surface area contributed by atoms with Crippen LogP contribution in [0.2, 0.25) is 0 Å². The van der Waals surface area contributed by atoms with Crippen LogP contribution in [0.4, 0.5) is 4.39 Å². The van der Waals surface area contributed by atoms with Gasteiger partial charge in [0.15, 0.2) is 0 Å². The van der Waals surface area contributed by atoms with E-state index < -0.39 is 11.4 Å². The molecule has 4 nitrogen and oxygen atoms in total. The highest BCUT2D eigenvalue weighted by Gasteiger charge is 2.02. The molecule has 0 radical (unpaired) electrons. The Balaban J connectivity index is 2.52. The van der Waals surface area contributed by atoms with Crippen molar-refractivity contribution in [2.45, 2.75) is 20.3 Å². The number of aromatic nitrogens is 2. The summed E-state index contributed by atoms with van der Waals surface area (Å²) in [6.45, 7) is 4.58. The first-order valence-electron chi connectivity index (χ1n) is 4.47. The Morgan fingerprint density at radius 2 is 2.36 bits per heavy atom. The van der Waals surface area contributed by atoms with E-state index in [0.717, 1.165) is 12.6 Å². The number of nitrogens with one attached hydrogen (secondary N) is 1. The first-order chi connectivity index (χ1) is 6.59. The minimum Gasteiger partial charge on any atom is -0.465 e. The molecule has 0 bridgehead atoms. The second-order valence-corrected chi connectivity index (χ2v) is 3.40. The summed E-state index contributed by atoms with van der Waals surface area (Å²) in [6.07, 6.45) is 1.71. The fraction of sp³-hybridized carbons (Fsp3) is 0.556. The fourth-order valence-corrected chi connectivity index (χ4v) is 0.828. The van der Waals surface area contributed by atoms with Gasteiger partial charge in [-0.2, -0.15) is 4.39 Å². The standard InChI is InChI=1S/C9H13FN2O2/c1-6(2)3-4-14-9-11-5-7(10)8(13)12-9/h5-6H,3-4H2,1-2H3,(H,11,12,13). The maximum atomic E-state index is 12.5. The van der Waals surface area contributed by atoms with Gasteiger partial charge in [-0.1, -0.05) is 13.8 Å².